The summed E-state index contributed by atoms with van der Waals surface area (Å²) < 4.78 is 0. The molecular weight excluding hydrogens is 366 g/mol. The minimum Gasteiger partial charge on any atom is -0.352 e. The van der Waals surface area contributed by atoms with Crippen molar-refractivity contribution in [2.45, 2.75) is 44.2 Å². The fourth-order valence-electron chi connectivity index (χ4n) is 4.30. The average Bonchev–Trinajstić information content (AvgIpc) is 3.21. The Bertz CT molecular complexity index is 943. The van der Waals surface area contributed by atoms with E-state index in [9.17, 15) is 14.4 Å². The Hall–Kier alpha value is -3.15. The van der Waals surface area contributed by atoms with E-state index in [0.29, 0.717) is 6.42 Å². The quantitative estimate of drug-likeness (QED) is 0.743. The molecule has 1 saturated heterocycles. The monoisotopic (exact) mass is 391 g/mol. The van der Waals surface area contributed by atoms with Gasteiger partial charge in [0.2, 0.25) is 5.91 Å². The molecule has 0 radical (unpaired) electrons. The molecule has 4 rings (SSSR count). The highest BCUT2D eigenvalue weighted by atomic mass is 16.2. The minimum absolute atomic E-state index is 0.0513. The molecule has 1 aliphatic carbocycles. The summed E-state index contributed by atoms with van der Waals surface area (Å²) in [5, 5.41) is 5.75. The van der Waals surface area contributed by atoms with Crippen LogP contribution in [0, 0.1) is 0 Å². The van der Waals surface area contributed by atoms with Crippen molar-refractivity contribution in [3.05, 3.63) is 71.3 Å². The normalized spacial score (nSPS) is 21.2. The zero-order chi connectivity index (χ0) is 20.4. The van der Waals surface area contributed by atoms with Gasteiger partial charge in [-0.3, -0.25) is 14.5 Å². The highest BCUT2D eigenvalue weighted by Gasteiger charge is 2.55. The van der Waals surface area contributed by atoms with E-state index in [1.807, 2.05) is 49.4 Å². The maximum atomic E-state index is 13.1. The molecule has 2 aliphatic rings. The lowest BCUT2D eigenvalue weighted by molar-refractivity contribution is -0.135. The summed E-state index contributed by atoms with van der Waals surface area (Å²) in [5.74, 6) is -0.656. The molecule has 1 spiro atoms. The van der Waals surface area contributed by atoms with Crippen molar-refractivity contribution in [3.8, 4) is 0 Å². The van der Waals surface area contributed by atoms with E-state index >= 15 is 0 Å². The molecule has 29 heavy (non-hydrogen) atoms. The maximum Gasteiger partial charge on any atom is 0.325 e. The summed E-state index contributed by atoms with van der Waals surface area (Å²) in [5.41, 5.74) is 2.11. The van der Waals surface area contributed by atoms with E-state index in [-0.39, 0.29) is 24.4 Å². The van der Waals surface area contributed by atoms with Crippen molar-refractivity contribution in [1.82, 2.24) is 15.5 Å². The van der Waals surface area contributed by atoms with E-state index < -0.39 is 11.6 Å². The van der Waals surface area contributed by atoms with Crippen LogP contribution in [0.15, 0.2) is 54.6 Å². The lowest BCUT2D eigenvalue weighted by atomic mass is 9.92. The first-order valence-electron chi connectivity index (χ1n) is 10.1. The van der Waals surface area contributed by atoms with Gasteiger partial charge < -0.3 is 10.6 Å². The minimum atomic E-state index is -1.02. The van der Waals surface area contributed by atoms with E-state index in [0.717, 1.165) is 35.3 Å². The number of carbonyl (C=O) groups is 3. The van der Waals surface area contributed by atoms with Crippen LogP contribution in [0.1, 0.15) is 36.5 Å². The lowest BCUT2D eigenvalue weighted by Gasteiger charge is -2.22. The van der Waals surface area contributed by atoms with Gasteiger partial charge >= 0.3 is 6.03 Å². The number of hydrogen-bond acceptors (Lipinski definition) is 3. The second-order valence-corrected chi connectivity index (χ2v) is 7.88. The third kappa shape index (κ3) is 3.62. The van der Waals surface area contributed by atoms with Gasteiger partial charge in [-0.25, -0.2) is 4.79 Å². The Balaban J connectivity index is 1.36. The van der Waals surface area contributed by atoms with Gasteiger partial charge in [-0.1, -0.05) is 54.6 Å². The maximum absolute atomic E-state index is 13.1. The highest BCUT2D eigenvalue weighted by Crippen LogP contribution is 2.41. The first-order valence-corrected chi connectivity index (χ1v) is 10.1. The molecule has 150 valence electrons. The number of fused-ring (bicyclic) bond motifs is 2. The number of imide groups is 1. The summed E-state index contributed by atoms with van der Waals surface area (Å²) in [6.07, 6.45) is 2.90. The molecule has 2 unspecified atom stereocenters. The number of amides is 4. The second-order valence-electron chi connectivity index (χ2n) is 7.88. The smallest absolute Gasteiger partial charge is 0.325 e. The fourth-order valence-corrected chi connectivity index (χ4v) is 4.30. The Morgan fingerprint density at radius 1 is 1.14 bits per heavy atom. The van der Waals surface area contributed by atoms with Gasteiger partial charge in [0.15, 0.2) is 0 Å². The number of urea groups is 1. The van der Waals surface area contributed by atoms with E-state index in [1.54, 1.807) is 0 Å². The number of nitrogens with zero attached hydrogens (tertiary/aromatic N) is 1. The van der Waals surface area contributed by atoms with Crippen molar-refractivity contribution in [2.75, 3.05) is 6.54 Å². The topological polar surface area (TPSA) is 78.5 Å². The predicted molar refractivity (Wildman–Crippen MR) is 109 cm³/mol. The van der Waals surface area contributed by atoms with Crippen LogP contribution < -0.4 is 10.6 Å². The zero-order valence-corrected chi connectivity index (χ0v) is 16.5. The Kier molecular flexibility index (Phi) is 5.09. The Morgan fingerprint density at radius 2 is 1.86 bits per heavy atom. The van der Waals surface area contributed by atoms with Crippen molar-refractivity contribution >= 4 is 17.8 Å². The molecule has 0 bridgehead atoms. The second kappa shape index (κ2) is 7.70. The van der Waals surface area contributed by atoms with Crippen LogP contribution in [0.4, 0.5) is 4.79 Å². The summed E-state index contributed by atoms with van der Waals surface area (Å²) in [4.78, 5) is 39.1. The van der Waals surface area contributed by atoms with Gasteiger partial charge in [0, 0.05) is 6.04 Å². The van der Waals surface area contributed by atoms with Crippen molar-refractivity contribution < 1.29 is 14.4 Å². The molecule has 2 atom stereocenters. The van der Waals surface area contributed by atoms with E-state index in [4.69, 9.17) is 0 Å². The van der Waals surface area contributed by atoms with Crippen LogP contribution in [0.3, 0.4) is 0 Å². The molecule has 2 aromatic carbocycles. The molecule has 1 fully saturated rings. The summed E-state index contributed by atoms with van der Waals surface area (Å²) in [7, 11) is 0. The third-order valence-electron chi connectivity index (χ3n) is 5.84. The first-order chi connectivity index (χ1) is 14.0. The van der Waals surface area contributed by atoms with Crippen molar-refractivity contribution in [1.29, 1.82) is 0 Å². The van der Waals surface area contributed by atoms with Crippen molar-refractivity contribution in [2.24, 2.45) is 0 Å². The standard InChI is InChI=1S/C23H25N3O3/c1-16(11-12-17-7-3-2-4-8-17)24-20(27)15-26-21(28)23(25-22(26)29)14-13-18-9-5-6-10-19(18)23/h2-10,16H,11-15H2,1H3,(H,24,27)(H,25,29). The van der Waals surface area contributed by atoms with Gasteiger partial charge in [0.25, 0.3) is 5.91 Å². The summed E-state index contributed by atoms with van der Waals surface area (Å²) in [6.45, 7) is 1.67. The molecule has 0 aromatic heterocycles. The SMILES string of the molecule is CC(CCc1ccccc1)NC(=O)CN1C(=O)NC2(CCc3ccccc32)C1=O. The number of aryl methyl sites for hydroxylation is 2. The van der Waals surface area contributed by atoms with Crippen LogP contribution in [-0.4, -0.2) is 35.3 Å². The molecule has 1 aliphatic heterocycles. The van der Waals surface area contributed by atoms with Crippen molar-refractivity contribution in [3.63, 3.8) is 0 Å². The molecule has 6 nitrogen and oxygen atoms in total. The number of carbonyl (C=O) groups excluding carboxylic acids is 3. The van der Waals surface area contributed by atoms with Crippen LogP contribution in [0.5, 0.6) is 0 Å². The molecule has 1 heterocycles. The summed E-state index contributed by atoms with van der Waals surface area (Å²) >= 11 is 0. The number of rotatable bonds is 6. The largest absolute Gasteiger partial charge is 0.352 e. The van der Waals surface area contributed by atoms with Gasteiger partial charge in [-0.15, -0.1) is 0 Å². The van der Waals surface area contributed by atoms with Gasteiger partial charge in [-0.2, -0.15) is 0 Å². The van der Waals surface area contributed by atoms with Crippen LogP contribution in [-0.2, 0) is 28.0 Å². The van der Waals surface area contributed by atoms with Gasteiger partial charge in [0.05, 0.1) is 0 Å². The van der Waals surface area contributed by atoms with Crippen LogP contribution >= 0.6 is 0 Å². The zero-order valence-electron chi connectivity index (χ0n) is 16.5. The third-order valence-corrected chi connectivity index (χ3v) is 5.84. The van der Waals surface area contributed by atoms with E-state index in [2.05, 4.69) is 22.8 Å². The number of nitrogens with one attached hydrogen (secondary N) is 2. The summed E-state index contributed by atoms with van der Waals surface area (Å²) in [6, 6.07) is 17.2. The predicted octanol–water partition coefficient (Wildman–Crippen LogP) is 2.52. The highest BCUT2D eigenvalue weighted by molar-refractivity contribution is 6.09. The fraction of sp³-hybridized carbons (Fsp3) is 0.348. The molecular formula is C23H25N3O3. The number of benzene rings is 2. The molecule has 6 heteroatoms. The molecule has 2 aromatic rings. The van der Waals surface area contributed by atoms with Gasteiger partial charge in [-0.05, 0) is 49.3 Å². The average molecular weight is 391 g/mol. The Morgan fingerprint density at radius 3 is 2.66 bits per heavy atom. The van der Waals surface area contributed by atoms with Crippen LogP contribution in [0.2, 0.25) is 0 Å². The van der Waals surface area contributed by atoms with E-state index in [1.165, 1.54) is 5.56 Å². The number of hydrogen-bond donors (Lipinski definition) is 2. The van der Waals surface area contributed by atoms with Crippen LogP contribution in [0.25, 0.3) is 0 Å². The first kappa shape index (κ1) is 19.2. The van der Waals surface area contributed by atoms with Gasteiger partial charge in [0.1, 0.15) is 12.1 Å². The lowest BCUT2D eigenvalue weighted by Crippen LogP contribution is -2.45. The molecule has 2 N–H and O–H groups in total. The Labute approximate surface area is 170 Å². The molecule has 4 amide bonds. The molecule has 0 saturated carbocycles.